The topological polar surface area (TPSA) is 38.3 Å². The van der Waals surface area contributed by atoms with Crippen LogP contribution in [0.25, 0.3) is 0 Å². The molecule has 0 spiro atoms. The lowest BCUT2D eigenvalue weighted by Crippen LogP contribution is -2.32. The zero-order valence-corrected chi connectivity index (χ0v) is 16.7. The summed E-state index contributed by atoms with van der Waals surface area (Å²) in [5, 5.41) is 2.75. The summed E-state index contributed by atoms with van der Waals surface area (Å²) >= 11 is 3.53. The Morgan fingerprint density at radius 3 is 2.45 bits per heavy atom. The maximum Gasteiger partial charge on any atom is 0.407 e. The highest BCUT2D eigenvalue weighted by atomic mass is 79.9. The molecule has 120 valence electrons. The first-order valence-corrected chi connectivity index (χ1v) is 11.5. The lowest BCUT2D eigenvalue weighted by atomic mass is 10.1. The Morgan fingerprint density at radius 1 is 1.32 bits per heavy atom. The number of hydrogen-bond acceptors (Lipinski definition) is 2. The third-order valence-electron chi connectivity index (χ3n) is 2.46. The van der Waals surface area contributed by atoms with E-state index in [2.05, 4.69) is 52.4 Å². The summed E-state index contributed by atoms with van der Waals surface area (Å²) in [6.07, 6.45) is -0.415. The fourth-order valence-electron chi connectivity index (χ4n) is 1.51. The van der Waals surface area contributed by atoms with Gasteiger partial charge in [0.25, 0.3) is 0 Å². The van der Waals surface area contributed by atoms with Crippen molar-refractivity contribution in [1.82, 2.24) is 5.32 Å². The number of carbonyl (C=O) groups excluding carboxylic acids is 1. The molecular weight excluding hydrogens is 358 g/mol. The summed E-state index contributed by atoms with van der Waals surface area (Å²) in [7, 11) is -1.37. The maximum atomic E-state index is 11.7. The van der Waals surface area contributed by atoms with Gasteiger partial charge in [0.1, 0.15) is 13.7 Å². The predicted molar refractivity (Wildman–Crippen MR) is 97.4 cm³/mol. The van der Waals surface area contributed by atoms with Crippen molar-refractivity contribution in [3.63, 3.8) is 0 Å². The van der Waals surface area contributed by atoms with Crippen molar-refractivity contribution >= 4 is 30.1 Å². The van der Waals surface area contributed by atoms with Crippen LogP contribution in [0.5, 0.6) is 0 Å². The minimum atomic E-state index is -1.37. The summed E-state index contributed by atoms with van der Waals surface area (Å²) in [5.74, 6) is 3.22. The molecule has 0 heterocycles. The maximum absolute atomic E-state index is 11.7. The van der Waals surface area contributed by atoms with E-state index in [0.29, 0.717) is 6.54 Å². The summed E-state index contributed by atoms with van der Waals surface area (Å²) in [5.41, 5.74) is 4.82. The van der Waals surface area contributed by atoms with Crippen LogP contribution in [-0.2, 0) is 11.3 Å². The minimum Gasteiger partial charge on any atom is -0.444 e. The van der Waals surface area contributed by atoms with Crippen LogP contribution < -0.4 is 5.32 Å². The van der Waals surface area contributed by atoms with Crippen LogP contribution >= 0.6 is 15.9 Å². The third kappa shape index (κ3) is 7.67. The van der Waals surface area contributed by atoms with E-state index in [1.807, 2.05) is 39.0 Å². The largest absolute Gasteiger partial charge is 0.444 e. The molecular formula is C17H24BrNO2Si. The van der Waals surface area contributed by atoms with Crippen molar-refractivity contribution in [2.45, 2.75) is 52.6 Å². The molecule has 1 N–H and O–H groups in total. The van der Waals surface area contributed by atoms with Gasteiger partial charge in [0.05, 0.1) is 0 Å². The number of carbonyl (C=O) groups is 1. The summed E-state index contributed by atoms with van der Waals surface area (Å²) in [4.78, 5) is 11.7. The van der Waals surface area contributed by atoms with Crippen LogP contribution in [0.15, 0.2) is 22.7 Å². The van der Waals surface area contributed by atoms with E-state index in [9.17, 15) is 4.79 Å². The molecule has 0 saturated carbocycles. The van der Waals surface area contributed by atoms with E-state index >= 15 is 0 Å². The van der Waals surface area contributed by atoms with Gasteiger partial charge in [-0.15, -0.1) is 5.54 Å². The molecule has 0 atom stereocenters. The van der Waals surface area contributed by atoms with Crippen molar-refractivity contribution in [2.24, 2.45) is 0 Å². The van der Waals surface area contributed by atoms with Gasteiger partial charge in [-0.1, -0.05) is 47.6 Å². The van der Waals surface area contributed by atoms with E-state index in [0.717, 1.165) is 15.6 Å². The summed E-state index contributed by atoms with van der Waals surface area (Å²) in [6, 6.07) is 5.93. The van der Waals surface area contributed by atoms with Gasteiger partial charge in [0.15, 0.2) is 0 Å². The van der Waals surface area contributed by atoms with Crippen LogP contribution in [0.2, 0.25) is 19.6 Å². The second-order valence-corrected chi connectivity index (χ2v) is 12.8. The van der Waals surface area contributed by atoms with Crippen molar-refractivity contribution in [3.8, 4) is 11.5 Å². The highest BCUT2D eigenvalue weighted by Gasteiger charge is 2.16. The van der Waals surface area contributed by atoms with Gasteiger partial charge < -0.3 is 10.1 Å². The van der Waals surface area contributed by atoms with Crippen molar-refractivity contribution in [3.05, 3.63) is 33.8 Å². The monoisotopic (exact) mass is 381 g/mol. The van der Waals surface area contributed by atoms with Crippen molar-refractivity contribution in [1.29, 1.82) is 0 Å². The van der Waals surface area contributed by atoms with Crippen LogP contribution in [-0.4, -0.2) is 19.8 Å². The van der Waals surface area contributed by atoms with Gasteiger partial charge in [0, 0.05) is 16.6 Å². The van der Waals surface area contributed by atoms with Gasteiger partial charge >= 0.3 is 6.09 Å². The molecule has 0 aromatic heterocycles. The Bertz CT molecular complexity index is 604. The zero-order valence-electron chi connectivity index (χ0n) is 14.1. The standard InChI is InChI=1S/C17H24BrNO2Si/c1-17(2,3)21-16(20)19-12-14-8-7-13(11-15(14)18)9-10-22(4,5)6/h7-8,11H,12H2,1-6H3,(H,19,20). The molecule has 1 rings (SSSR count). The number of halogens is 1. The molecule has 22 heavy (non-hydrogen) atoms. The Hall–Kier alpha value is -1.25. The average molecular weight is 382 g/mol. The Morgan fingerprint density at radius 2 is 1.95 bits per heavy atom. The molecule has 0 aliphatic heterocycles. The van der Waals surface area contributed by atoms with Gasteiger partial charge in [-0.2, -0.15) is 0 Å². The van der Waals surface area contributed by atoms with Gasteiger partial charge in [0.2, 0.25) is 0 Å². The van der Waals surface area contributed by atoms with Gasteiger partial charge in [-0.25, -0.2) is 4.79 Å². The highest BCUT2D eigenvalue weighted by Crippen LogP contribution is 2.18. The first-order valence-electron chi connectivity index (χ1n) is 7.25. The number of ether oxygens (including phenoxy) is 1. The number of hydrogen-bond donors (Lipinski definition) is 1. The molecule has 0 aliphatic rings. The molecule has 0 fully saturated rings. The molecule has 1 aromatic carbocycles. The number of alkyl carbamates (subject to hydrolysis) is 1. The van der Waals surface area contributed by atoms with E-state index in [4.69, 9.17) is 4.74 Å². The molecule has 1 amide bonds. The Labute approximate surface area is 143 Å². The van der Waals surface area contributed by atoms with Crippen LogP contribution in [0, 0.1) is 11.5 Å². The first-order chi connectivity index (χ1) is 9.96. The van der Waals surface area contributed by atoms with Crippen molar-refractivity contribution in [2.75, 3.05) is 0 Å². The molecule has 0 aliphatic carbocycles. The van der Waals surface area contributed by atoms with Crippen molar-refractivity contribution < 1.29 is 9.53 Å². The molecule has 0 unspecified atom stereocenters. The summed E-state index contributed by atoms with van der Waals surface area (Å²) in [6.45, 7) is 12.6. The summed E-state index contributed by atoms with van der Waals surface area (Å²) < 4.78 is 6.15. The molecule has 5 heteroatoms. The lowest BCUT2D eigenvalue weighted by Gasteiger charge is -2.19. The second-order valence-electron chi connectivity index (χ2n) is 7.16. The molecule has 1 aromatic rings. The van der Waals surface area contributed by atoms with E-state index in [1.54, 1.807) is 0 Å². The van der Waals surface area contributed by atoms with E-state index < -0.39 is 19.8 Å². The first kappa shape index (κ1) is 18.8. The van der Waals surface area contributed by atoms with Gasteiger partial charge in [-0.3, -0.25) is 0 Å². The Kier molecular flexibility index (Phi) is 6.27. The van der Waals surface area contributed by atoms with Crippen LogP contribution in [0.3, 0.4) is 0 Å². The fraction of sp³-hybridized carbons (Fsp3) is 0.471. The number of rotatable bonds is 2. The predicted octanol–water partition coefficient (Wildman–Crippen LogP) is 4.70. The second kappa shape index (κ2) is 7.34. The van der Waals surface area contributed by atoms with Crippen LogP contribution in [0.4, 0.5) is 4.79 Å². The Balaban J connectivity index is 2.70. The minimum absolute atomic E-state index is 0.414. The average Bonchev–Trinajstić information content (AvgIpc) is 2.32. The SMILES string of the molecule is CC(C)(C)OC(=O)NCc1ccc(C#C[Si](C)(C)C)cc1Br. The van der Waals surface area contributed by atoms with E-state index in [1.165, 1.54) is 0 Å². The quantitative estimate of drug-likeness (QED) is 0.595. The molecule has 3 nitrogen and oxygen atoms in total. The van der Waals surface area contributed by atoms with Gasteiger partial charge in [-0.05, 0) is 38.5 Å². The normalized spacial score (nSPS) is 11.4. The number of benzene rings is 1. The molecule has 0 radical (unpaired) electrons. The number of nitrogens with one attached hydrogen (secondary N) is 1. The smallest absolute Gasteiger partial charge is 0.407 e. The molecule has 0 bridgehead atoms. The zero-order chi connectivity index (χ0) is 17.0. The van der Waals surface area contributed by atoms with E-state index in [-0.39, 0.29) is 0 Å². The third-order valence-corrected chi connectivity index (χ3v) is 4.07. The highest BCUT2D eigenvalue weighted by molar-refractivity contribution is 9.10. The number of amides is 1. The lowest BCUT2D eigenvalue weighted by molar-refractivity contribution is 0.0523. The molecule has 0 saturated heterocycles. The van der Waals surface area contributed by atoms with Crippen LogP contribution in [0.1, 0.15) is 31.9 Å². The fourth-order valence-corrected chi connectivity index (χ4v) is 2.55.